The van der Waals surface area contributed by atoms with Crippen LogP contribution in [-0.2, 0) is 0 Å². The van der Waals surface area contributed by atoms with Gasteiger partial charge in [-0.2, -0.15) is 0 Å². The van der Waals surface area contributed by atoms with Crippen molar-refractivity contribution in [2.45, 2.75) is 49.3 Å². The molecule has 1 aromatic heterocycles. The van der Waals surface area contributed by atoms with Crippen LogP contribution in [0.3, 0.4) is 0 Å². The van der Waals surface area contributed by atoms with Gasteiger partial charge in [-0.15, -0.1) is 11.8 Å². The van der Waals surface area contributed by atoms with Crippen molar-refractivity contribution in [1.29, 1.82) is 0 Å². The predicted molar refractivity (Wildman–Crippen MR) is 91.6 cm³/mol. The van der Waals surface area contributed by atoms with Crippen molar-refractivity contribution >= 4 is 11.8 Å². The number of hydrogen-bond donors (Lipinski definition) is 1. The van der Waals surface area contributed by atoms with Crippen LogP contribution < -0.4 is 5.73 Å². The van der Waals surface area contributed by atoms with Crippen LogP contribution in [0.25, 0.3) is 0 Å². The Hall–Kier alpha value is -1.32. The molecule has 3 heteroatoms. The molecule has 2 nitrogen and oxygen atoms in total. The van der Waals surface area contributed by atoms with Gasteiger partial charge in [-0.1, -0.05) is 39.0 Å². The Morgan fingerprint density at radius 2 is 1.81 bits per heavy atom. The minimum atomic E-state index is 0.129. The third kappa shape index (κ3) is 4.32. The van der Waals surface area contributed by atoms with E-state index in [0.29, 0.717) is 5.92 Å². The summed E-state index contributed by atoms with van der Waals surface area (Å²) in [4.78, 5) is 5.49. The van der Waals surface area contributed by atoms with Crippen LogP contribution in [0.2, 0.25) is 0 Å². The zero-order valence-electron chi connectivity index (χ0n) is 13.0. The van der Waals surface area contributed by atoms with Gasteiger partial charge in [-0.05, 0) is 41.7 Å². The fraction of sp³-hybridized carbons (Fsp3) is 0.389. The van der Waals surface area contributed by atoms with Crippen LogP contribution in [0.5, 0.6) is 0 Å². The Morgan fingerprint density at radius 1 is 1.10 bits per heavy atom. The quantitative estimate of drug-likeness (QED) is 0.781. The Labute approximate surface area is 132 Å². The van der Waals surface area contributed by atoms with E-state index < -0.39 is 0 Å². The van der Waals surface area contributed by atoms with Gasteiger partial charge in [0, 0.05) is 23.3 Å². The first-order valence-electron chi connectivity index (χ1n) is 7.54. The fourth-order valence-corrected chi connectivity index (χ4v) is 3.47. The van der Waals surface area contributed by atoms with Crippen molar-refractivity contribution in [2.75, 3.05) is 0 Å². The van der Waals surface area contributed by atoms with Crippen LogP contribution in [0.1, 0.15) is 49.5 Å². The van der Waals surface area contributed by atoms with Crippen molar-refractivity contribution in [2.24, 2.45) is 5.73 Å². The lowest BCUT2D eigenvalue weighted by atomic mass is 10.0. The van der Waals surface area contributed by atoms with Crippen LogP contribution in [0.15, 0.2) is 53.7 Å². The molecule has 0 aliphatic carbocycles. The highest BCUT2D eigenvalue weighted by atomic mass is 32.2. The number of rotatable bonds is 6. The van der Waals surface area contributed by atoms with Crippen molar-refractivity contribution in [3.8, 4) is 0 Å². The predicted octanol–water partition coefficient (Wildman–Crippen LogP) is 4.78. The van der Waals surface area contributed by atoms with Crippen molar-refractivity contribution in [1.82, 2.24) is 4.98 Å². The van der Waals surface area contributed by atoms with Gasteiger partial charge in [-0.25, -0.2) is 0 Å². The van der Waals surface area contributed by atoms with Crippen LogP contribution in [0.4, 0.5) is 0 Å². The molecular formula is C18H24N2S. The van der Waals surface area contributed by atoms with E-state index in [4.69, 9.17) is 5.73 Å². The van der Waals surface area contributed by atoms with Gasteiger partial charge in [-0.3, -0.25) is 4.98 Å². The van der Waals surface area contributed by atoms with Gasteiger partial charge in [0.2, 0.25) is 0 Å². The fourth-order valence-electron chi connectivity index (χ4n) is 2.24. The lowest BCUT2D eigenvalue weighted by molar-refractivity contribution is 0.633. The second-order valence-electron chi connectivity index (χ2n) is 5.62. The van der Waals surface area contributed by atoms with E-state index in [1.54, 1.807) is 6.20 Å². The van der Waals surface area contributed by atoms with E-state index in [1.807, 2.05) is 24.0 Å². The zero-order valence-corrected chi connectivity index (χ0v) is 13.8. The van der Waals surface area contributed by atoms with E-state index in [2.05, 4.69) is 56.1 Å². The van der Waals surface area contributed by atoms with Crippen molar-refractivity contribution in [3.05, 3.63) is 59.9 Å². The molecule has 1 aromatic carbocycles. The first-order valence-corrected chi connectivity index (χ1v) is 8.42. The standard InChI is InChI=1S/C18H24N2S/c1-4-17(19)18(15-6-5-11-20-12-15)21-16-9-7-14(8-10-16)13(2)3/h5-13,17-18H,4,19H2,1-3H3. The summed E-state index contributed by atoms with van der Waals surface area (Å²) in [6, 6.07) is 13.0. The highest BCUT2D eigenvalue weighted by Crippen LogP contribution is 2.38. The normalized spacial score (nSPS) is 14.1. The first-order chi connectivity index (χ1) is 10.1. The third-order valence-electron chi connectivity index (χ3n) is 3.68. The van der Waals surface area contributed by atoms with E-state index in [-0.39, 0.29) is 11.3 Å². The summed E-state index contributed by atoms with van der Waals surface area (Å²) in [5.41, 5.74) is 8.90. The minimum Gasteiger partial charge on any atom is -0.326 e. The van der Waals surface area contributed by atoms with E-state index >= 15 is 0 Å². The van der Waals surface area contributed by atoms with Gasteiger partial charge >= 0.3 is 0 Å². The molecule has 2 atom stereocenters. The summed E-state index contributed by atoms with van der Waals surface area (Å²) in [5.74, 6) is 0.566. The SMILES string of the molecule is CCC(N)C(Sc1ccc(C(C)C)cc1)c1cccnc1. The van der Waals surface area contributed by atoms with E-state index in [0.717, 1.165) is 6.42 Å². The molecule has 112 valence electrons. The number of pyridine rings is 1. The molecule has 2 aromatic rings. The maximum atomic E-state index is 6.33. The van der Waals surface area contributed by atoms with Gasteiger partial charge in [0.15, 0.2) is 0 Å². The molecule has 0 saturated heterocycles. The van der Waals surface area contributed by atoms with Crippen LogP contribution >= 0.6 is 11.8 Å². The maximum Gasteiger partial charge on any atom is 0.0510 e. The molecule has 2 unspecified atom stereocenters. The molecular weight excluding hydrogens is 276 g/mol. The topological polar surface area (TPSA) is 38.9 Å². The van der Waals surface area contributed by atoms with Crippen LogP contribution in [-0.4, -0.2) is 11.0 Å². The average molecular weight is 300 g/mol. The van der Waals surface area contributed by atoms with Gasteiger partial charge in [0.05, 0.1) is 5.25 Å². The van der Waals surface area contributed by atoms with E-state index in [1.165, 1.54) is 16.0 Å². The Balaban J connectivity index is 2.19. The molecule has 0 fully saturated rings. The van der Waals surface area contributed by atoms with Crippen molar-refractivity contribution in [3.63, 3.8) is 0 Å². The monoisotopic (exact) mass is 300 g/mol. The average Bonchev–Trinajstić information content (AvgIpc) is 2.53. The lowest BCUT2D eigenvalue weighted by Crippen LogP contribution is -2.25. The Morgan fingerprint density at radius 3 is 2.33 bits per heavy atom. The Kier molecular flexibility index (Phi) is 5.83. The summed E-state index contributed by atoms with van der Waals surface area (Å²) in [6.45, 7) is 6.57. The number of nitrogens with two attached hydrogens (primary N) is 1. The number of hydrogen-bond acceptors (Lipinski definition) is 3. The summed E-state index contributed by atoms with van der Waals surface area (Å²) in [5, 5.41) is 0.244. The first kappa shape index (κ1) is 16.1. The lowest BCUT2D eigenvalue weighted by Gasteiger charge is -2.22. The Bertz CT molecular complexity index is 537. The zero-order chi connectivity index (χ0) is 15.2. The molecule has 1 heterocycles. The molecule has 2 rings (SSSR count). The summed E-state index contributed by atoms with van der Waals surface area (Å²) in [7, 11) is 0. The molecule has 0 bridgehead atoms. The maximum absolute atomic E-state index is 6.33. The molecule has 0 aliphatic heterocycles. The molecule has 2 N–H and O–H groups in total. The third-order valence-corrected chi connectivity index (χ3v) is 5.10. The minimum absolute atomic E-state index is 0.129. The molecule has 0 amide bonds. The molecule has 0 spiro atoms. The smallest absolute Gasteiger partial charge is 0.0510 e. The molecule has 0 saturated carbocycles. The van der Waals surface area contributed by atoms with E-state index in [9.17, 15) is 0 Å². The second-order valence-corrected chi connectivity index (χ2v) is 6.84. The van der Waals surface area contributed by atoms with Gasteiger partial charge in [0.1, 0.15) is 0 Å². The number of thioether (sulfide) groups is 1. The largest absolute Gasteiger partial charge is 0.326 e. The van der Waals surface area contributed by atoms with Crippen LogP contribution in [0, 0.1) is 0 Å². The molecule has 0 aliphatic rings. The van der Waals surface area contributed by atoms with Crippen molar-refractivity contribution < 1.29 is 0 Å². The molecule has 0 radical (unpaired) electrons. The number of aromatic nitrogens is 1. The second kappa shape index (κ2) is 7.62. The summed E-state index contributed by atoms with van der Waals surface area (Å²) < 4.78 is 0. The number of nitrogens with zero attached hydrogens (tertiary/aromatic N) is 1. The summed E-state index contributed by atoms with van der Waals surface area (Å²) >= 11 is 1.83. The highest BCUT2D eigenvalue weighted by Gasteiger charge is 2.20. The summed E-state index contributed by atoms with van der Waals surface area (Å²) in [6.07, 6.45) is 4.69. The van der Waals surface area contributed by atoms with Gasteiger partial charge in [0.25, 0.3) is 0 Å². The number of benzene rings is 1. The molecule has 21 heavy (non-hydrogen) atoms. The van der Waals surface area contributed by atoms with Gasteiger partial charge < -0.3 is 5.73 Å². The highest BCUT2D eigenvalue weighted by molar-refractivity contribution is 7.99.